The minimum atomic E-state index is -0.474. The predicted octanol–water partition coefficient (Wildman–Crippen LogP) is 1.92. The minimum absolute atomic E-state index is 0.474. The highest BCUT2D eigenvalue weighted by Crippen LogP contribution is 2.37. The zero-order valence-corrected chi connectivity index (χ0v) is 9.04. The zero-order chi connectivity index (χ0) is 10.3. The van der Waals surface area contributed by atoms with Crippen molar-refractivity contribution >= 4 is 17.3 Å². The summed E-state index contributed by atoms with van der Waals surface area (Å²) in [7, 11) is 1.97. The molecule has 1 aromatic heterocycles. The first-order valence-corrected chi connectivity index (χ1v) is 5.03. The Balaban J connectivity index is 2.60. The number of hydrogen-bond acceptors (Lipinski definition) is 3. The number of halogens is 1. The van der Waals surface area contributed by atoms with Crippen LogP contribution < -0.4 is 4.90 Å². The van der Waals surface area contributed by atoms with Crippen LogP contribution in [0.25, 0.3) is 0 Å². The van der Waals surface area contributed by atoms with E-state index in [1.54, 1.807) is 0 Å². The Kier molecular flexibility index (Phi) is 2.37. The van der Waals surface area contributed by atoms with Gasteiger partial charge in [0, 0.05) is 19.3 Å². The summed E-state index contributed by atoms with van der Waals surface area (Å²) in [6.07, 6.45) is 0.245. The van der Waals surface area contributed by atoms with Crippen LogP contribution in [0, 0.1) is 6.92 Å². The number of aliphatic hydroxyl groups excluding tert-OH is 1. The molecule has 1 aromatic rings. The molecule has 1 N–H and O–H groups in total. The number of aliphatic hydroxyl groups is 1. The van der Waals surface area contributed by atoms with Crippen LogP contribution >= 0.6 is 11.6 Å². The van der Waals surface area contributed by atoms with Crippen molar-refractivity contribution in [3.63, 3.8) is 0 Å². The summed E-state index contributed by atoms with van der Waals surface area (Å²) in [5.41, 5.74) is 2.43. The molecule has 0 saturated carbocycles. The van der Waals surface area contributed by atoms with E-state index in [-0.39, 0.29) is 0 Å². The van der Waals surface area contributed by atoms with Crippen LogP contribution in [0.1, 0.15) is 23.9 Å². The van der Waals surface area contributed by atoms with Gasteiger partial charge in [-0.05, 0) is 19.4 Å². The third-order valence-electron chi connectivity index (χ3n) is 2.54. The largest absolute Gasteiger partial charge is 0.387 e. The molecule has 2 heterocycles. The van der Waals surface area contributed by atoms with Crippen LogP contribution in [0.3, 0.4) is 0 Å². The van der Waals surface area contributed by atoms with Gasteiger partial charge in [0.2, 0.25) is 0 Å². The molecule has 0 amide bonds. The average Bonchev–Trinajstić information content (AvgIpc) is 2.10. The lowest BCUT2D eigenvalue weighted by atomic mass is 10.0. The third kappa shape index (κ3) is 1.47. The van der Waals surface area contributed by atoms with Gasteiger partial charge in [0.15, 0.2) is 0 Å². The smallest absolute Gasteiger partial charge is 0.0998 e. The van der Waals surface area contributed by atoms with Gasteiger partial charge in [-0.1, -0.05) is 11.6 Å². The first-order valence-electron chi connectivity index (χ1n) is 4.66. The molecule has 1 aliphatic rings. The number of fused-ring (bicyclic) bond motifs is 1. The molecule has 1 unspecified atom stereocenters. The summed E-state index contributed by atoms with van der Waals surface area (Å²) in [6.45, 7) is 2.70. The molecule has 0 aliphatic carbocycles. The number of aryl methyl sites for hydroxylation is 1. The summed E-state index contributed by atoms with van der Waals surface area (Å²) in [4.78, 5) is 6.37. The van der Waals surface area contributed by atoms with E-state index in [1.807, 2.05) is 24.9 Å². The highest BCUT2D eigenvalue weighted by atomic mass is 35.5. The Morgan fingerprint density at radius 1 is 1.64 bits per heavy atom. The van der Waals surface area contributed by atoms with E-state index in [0.717, 1.165) is 24.3 Å². The quantitative estimate of drug-likeness (QED) is 0.714. The average molecular weight is 213 g/mol. The Hall–Kier alpha value is -0.800. The lowest BCUT2D eigenvalue weighted by Crippen LogP contribution is -2.28. The van der Waals surface area contributed by atoms with E-state index < -0.39 is 6.10 Å². The molecule has 3 nitrogen and oxygen atoms in total. The second kappa shape index (κ2) is 3.41. The van der Waals surface area contributed by atoms with E-state index >= 15 is 0 Å². The second-order valence-corrected chi connectivity index (χ2v) is 4.11. The van der Waals surface area contributed by atoms with E-state index in [1.165, 1.54) is 0 Å². The SMILES string of the molecule is Cc1cc(Cl)c2c(n1)C(O)CCN2C. The fourth-order valence-electron chi connectivity index (χ4n) is 1.82. The lowest BCUT2D eigenvalue weighted by Gasteiger charge is -2.30. The summed E-state index contributed by atoms with van der Waals surface area (Å²) in [5.74, 6) is 0. The molecular formula is C10H13ClN2O. The Morgan fingerprint density at radius 3 is 3.07 bits per heavy atom. The maximum atomic E-state index is 9.78. The van der Waals surface area contributed by atoms with Gasteiger partial charge < -0.3 is 10.0 Å². The molecule has 2 rings (SSSR count). The molecule has 0 spiro atoms. The third-order valence-corrected chi connectivity index (χ3v) is 2.82. The predicted molar refractivity (Wildman–Crippen MR) is 56.8 cm³/mol. The molecular weight excluding hydrogens is 200 g/mol. The summed E-state index contributed by atoms with van der Waals surface area (Å²) in [6, 6.07) is 1.83. The molecule has 1 atom stereocenters. The Morgan fingerprint density at radius 2 is 2.36 bits per heavy atom. The zero-order valence-electron chi connectivity index (χ0n) is 8.29. The van der Waals surface area contributed by atoms with Crippen molar-refractivity contribution in [2.45, 2.75) is 19.4 Å². The maximum absolute atomic E-state index is 9.78. The highest BCUT2D eigenvalue weighted by molar-refractivity contribution is 6.33. The van der Waals surface area contributed by atoms with Gasteiger partial charge >= 0.3 is 0 Å². The van der Waals surface area contributed by atoms with Crippen LogP contribution in [0.5, 0.6) is 0 Å². The number of nitrogens with zero attached hydrogens (tertiary/aromatic N) is 2. The second-order valence-electron chi connectivity index (χ2n) is 3.71. The Bertz CT molecular complexity index is 367. The maximum Gasteiger partial charge on any atom is 0.0998 e. The topological polar surface area (TPSA) is 36.4 Å². The molecule has 0 aromatic carbocycles. The van der Waals surface area contributed by atoms with Crippen molar-refractivity contribution in [1.82, 2.24) is 4.98 Å². The van der Waals surface area contributed by atoms with Crippen LogP contribution in [-0.4, -0.2) is 23.7 Å². The van der Waals surface area contributed by atoms with Crippen molar-refractivity contribution in [3.8, 4) is 0 Å². The summed E-state index contributed by atoms with van der Waals surface area (Å²) < 4.78 is 0. The van der Waals surface area contributed by atoms with Gasteiger partial charge in [-0.3, -0.25) is 4.98 Å². The van der Waals surface area contributed by atoms with Crippen molar-refractivity contribution in [2.75, 3.05) is 18.5 Å². The first kappa shape index (κ1) is 9.74. The van der Waals surface area contributed by atoms with E-state index in [9.17, 15) is 5.11 Å². The molecule has 1 aliphatic heterocycles. The van der Waals surface area contributed by atoms with Gasteiger partial charge in [0.05, 0.1) is 22.5 Å². The standard InChI is InChI=1S/C10H13ClN2O/c1-6-5-7(11)10-9(12-6)8(14)3-4-13(10)2/h5,8,14H,3-4H2,1-2H3. The van der Waals surface area contributed by atoms with E-state index in [2.05, 4.69) is 4.98 Å². The monoisotopic (exact) mass is 212 g/mol. The first-order chi connectivity index (χ1) is 6.59. The van der Waals surface area contributed by atoms with Crippen LogP contribution in [0.2, 0.25) is 5.02 Å². The molecule has 0 radical (unpaired) electrons. The van der Waals surface area contributed by atoms with Crippen LogP contribution in [-0.2, 0) is 0 Å². The van der Waals surface area contributed by atoms with Crippen molar-refractivity contribution in [1.29, 1.82) is 0 Å². The molecule has 0 bridgehead atoms. The van der Waals surface area contributed by atoms with Gasteiger partial charge in [-0.2, -0.15) is 0 Å². The fraction of sp³-hybridized carbons (Fsp3) is 0.500. The minimum Gasteiger partial charge on any atom is -0.387 e. The summed E-state index contributed by atoms with van der Waals surface area (Å²) >= 11 is 6.11. The van der Waals surface area contributed by atoms with Gasteiger partial charge in [0.25, 0.3) is 0 Å². The number of anilines is 1. The Labute approximate surface area is 88.3 Å². The van der Waals surface area contributed by atoms with Crippen LogP contribution in [0.15, 0.2) is 6.07 Å². The number of pyridine rings is 1. The van der Waals surface area contributed by atoms with Gasteiger partial charge in [-0.25, -0.2) is 0 Å². The van der Waals surface area contributed by atoms with E-state index in [4.69, 9.17) is 11.6 Å². The summed E-state index contributed by atoms with van der Waals surface area (Å²) in [5, 5.41) is 10.5. The fourth-order valence-corrected chi connectivity index (χ4v) is 2.22. The highest BCUT2D eigenvalue weighted by Gasteiger charge is 2.25. The van der Waals surface area contributed by atoms with Crippen molar-refractivity contribution in [2.24, 2.45) is 0 Å². The van der Waals surface area contributed by atoms with Gasteiger partial charge in [0.1, 0.15) is 0 Å². The normalized spacial score (nSPS) is 20.9. The molecule has 14 heavy (non-hydrogen) atoms. The van der Waals surface area contributed by atoms with Crippen LogP contribution in [0.4, 0.5) is 5.69 Å². The van der Waals surface area contributed by atoms with Gasteiger partial charge in [-0.15, -0.1) is 0 Å². The van der Waals surface area contributed by atoms with E-state index in [0.29, 0.717) is 10.7 Å². The van der Waals surface area contributed by atoms with Crippen molar-refractivity contribution in [3.05, 3.63) is 22.5 Å². The molecule has 76 valence electrons. The van der Waals surface area contributed by atoms with Crippen molar-refractivity contribution < 1.29 is 5.11 Å². The number of aromatic nitrogens is 1. The number of hydrogen-bond donors (Lipinski definition) is 1. The molecule has 0 saturated heterocycles. The molecule has 0 fully saturated rings. The molecule has 4 heteroatoms. The lowest BCUT2D eigenvalue weighted by molar-refractivity contribution is 0.160. The number of rotatable bonds is 0.